The van der Waals surface area contributed by atoms with E-state index < -0.39 is 11.1 Å². The minimum Gasteiger partial charge on any atom is -0.495 e. The molecule has 1 N–H and O–H groups in total. The number of carbonyl (C=O) groups excluding carboxylic acids is 2. The van der Waals surface area contributed by atoms with Crippen molar-refractivity contribution < 1.29 is 23.1 Å². The molecule has 2 aromatic carbocycles. The van der Waals surface area contributed by atoms with Crippen LogP contribution in [0.5, 0.6) is 5.75 Å². The van der Waals surface area contributed by atoms with Crippen molar-refractivity contribution in [1.29, 1.82) is 0 Å². The van der Waals surface area contributed by atoms with Crippen LogP contribution < -0.4 is 4.74 Å². The summed E-state index contributed by atoms with van der Waals surface area (Å²) in [6.45, 7) is 0.803. The first-order valence-corrected chi connectivity index (χ1v) is 15.5. The van der Waals surface area contributed by atoms with Gasteiger partial charge in [0.25, 0.3) is 0 Å². The molecule has 1 saturated carbocycles. The molecule has 2 aromatic heterocycles. The van der Waals surface area contributed by atoms with Gasteiger partial charge in [0.1, 0.15) is 5.75 Å². The molecule has 0 saturated heterocycles. The number of benzene rings is 2. The molecule has 0 radical (unpaired) electrons. The number of hydrogen-bond acceptors (Lipinski definition) is 7. The number of ketones is 1. The van der Waals surface area contributed by atoms with Crippen molar-refractivity contribution in [1.82, 2.24) is 24.6 Å². The highest BCUT2D eigenvalue weighted by Crippen LogP contribution is 2.31. The Kier molecular flexibility index (Phi) is 9.96. The fraction of sp³-hybridized carbons (Fsp3) is 0.323. The van der Waals surface area contributed by atoms with E-state index in [1.54, 1.807) is 36.3 Å². The Morgan fingerprint density at radius 3 is 2.42 bits per heavy atom. The number of aromatic nitrogens is 4. The summed E-state index contributed by atoms with van der Waals surface area (Å²) in [7, 11) is 1.56. The van der Waals surface area contributed by atoms with Gasteiger partial charge in [-0.2, -0.15) is 5.10 Å². The zero-order chi connectivity index (χ0) is 30.3. The first-order valence-electron chi connectivity index (χ1n) is 14.1. The Bertz CT molecular complexity index is 1610. The minimum atomic E-state index is -2.11. The highest BCUT2D eigenvalue weighted by molar-refractivity contribution is 7.79. The molecule has 1 fully saturated rings. The molecule has 2 heterocycles. The number of rotatable bonds is 12. The number of methoxy groups -OCH3 is 1. The molecule has 0 bridgehead atoms. The van der Waals surface area contributed by atoms with Gasteiger partial charge in [0, 0.05) is 54.5 Å². The fourth-order valence-electron chi connectivity index (χ4n) is 5.34. The van der Waals surface area contributed by atoms with Crippen molar-refractivity contribution >= 4 is 34.4 Å². The average molecular weight is 622 g/mol. The van der Waals surface area contributed by atoms with Crippen LogP contribution in [0.4, 0.5) is 0 Å². The summed E-state index contributed by atoms with van der Waals surface area (Å²) in [6.07, 6.45) is 7.43. The molecular weight excluding hydrogens is 590 g/mol. The molecule has 0 aliphatic heterocycles. The van der Waals surface area contributed by atoms with Gasteiger partial charge in [-0.1, -0.05) is 36.6 Å². The molecule has 1 atom stereocenters. The standard InChI is InChI=1S/C31H32ClN5O5S/c1-42-28-12-8-23(20-26(28)32)31-34-30(22-14-16-33-17-15-22)35-37(31)19-18-36(24-4-2-3-5-24)29(39)13-11-27(38)21-6-9-25(10-7-21)43(40)41/h6-10,12,14-17,20,24H,2-5,11,13,18-19H2,1H3,(H,40,41). The summed E-state index contributed by atoms with van der Waals surface area (Å²) in [5.41, 5.74) is 1.98. The molecule has 12 heteroatoms. The number of nitrogens with zero attached hydrogens (tertiary/aromatic N) is 5. The Balaban J connectivity index is 1.35. The van der Waals surface area contributed by atoms with E-state index in [1.165, 1.54) is 24.3 Å². The Morgan fingerprint density at radius 1 is 1.05 bits per heavy atom. The van der Waals surface area contributed by atoms with Crippen molar-refractivity contribution in [2.45, 2.75) is 56.0 Å². The van der Waals surface area contributed by atoms with Gasteiger partial charge in [-0.3, -0.25) is 14.6 Å². The minimum absolute atomic E-state index is 0.0503. The van der Waals surface area contributed by atoms with Crippen LogP contribution in [0.3, 0.4) is 0 Å². The third-order valence-corrected chi connectivity index (χ3v) is 8.57. The lowest BCUT2D eigenvalue weighted by Crippen LogP contribution is -2.41. The molecule has 4 aromatic rings. The van der Waals surface area contributed by atoms with Crippen LogP contribution in [0, 0.1) is 0 Å². The second-order valence-corrected chi connectivity index (χ2v) is 11.7. The van der Waals surface area contributed by atoms with Crippen LogP contribution >= 0.6 is 11.6 Å². The molecule has 1 amide bonds. The van der Waals surface area contributed by atoms with Gasteiger partial charge in [0.2, 0.25) is 5.91 Å². The van der Waals surface area contributed by atoms with Gasteiger partial charge < -0.3 is 14.2 Å². The molecule has 0 spiro atoms. The number of Topliss-reactive ketones (excluding diaryl/α,β-unsaturated/α-hetero) is 1. The summed E-state index contributed by atoms with van der Waals surface area (Å²) in [5, 5.41) is 5.24. The van der Waals surface area contributed by atoms with Crippen molar-refractivity contribution in [3.8, 4) is 28.5 Å². The third-order valence-electron chi connectivity index (χ3n) is 7.60. The van der Waals surface area contributed by atoms with E-state index in [0.29, 0.717) is 41.1 Å². The summed E-state index contributed by atoms with van der Waals surface area (Å²) in [5.74, 6) is 1.42. The highest BCUT2D eigenvalue weighted by Gasteiger charge is 2.27. The molecule has 5 rings (SSSR count). The van der Waals surface area contributed by atoms with Crippen molar-refractivity contribution in [3.63, 3.8) is 0 Å². The van der Waals surface area contributed by atoms with Crippen LogP contribution in [0.2, 0.25) is 5.02 Å². The topological polar surface area (TPSA) is 128 Å². The van der Waals surface area contributed by atoms with E-state index in [9.17, 15) is 18.4 Å². The maximum Gasteiger partial charge on any atom is 0.223 e. The number of pyridine rings is 1. The van der Waals surface area contributed by atoms with Gasteiger partial charge >= 0.3 is 0 Å². The van der Waals surface area contributed by atoms with Gasteiger partial charge in [0.15, 0.2) is 28.5 Å². The number of hydrogen-bond donors (Lipinski definition) is 1. The quantitative estimate of drug-likeness (QED) is 0.158. The van der Waals surface area contributed by atoms with E-state index in [1.807, 2.05) is 23.1 Å². The van der Waals surface area contributed by atoms with Crippen molar-refractivity contribution in [2.75, 3.05) is 13.7 Å². The number of amides is 1. The highest BCUT2D eigenvalue weighted by atomic mass is 35.5. The molecule has 10 nitrogen and oxygen atoms in total. The normalized spacial score (nSPS) is 14.0. The zero-order valence-electron chi connectivity index (χ0n) is 23.7. The van der Waals surface area contributed by atoms with E-state index in [2.05, 4.69) is 4.98 Å². The average Bonchev–Trinajstić information content (AvgIpc) is 3.71. The third kappa shape index (κ3) is 7.35. The van der Waals surface area contributed by atoms with Gasteiger partial charge in [-0.25, -0.2) is 13.9 Å². The smallest absolute Gasteiger partial charge is 0.223 e. The first-order chi connectivity index (χ1) is 20.8. The summed E-state index contributed by atoms with van der Waals surface area (Å²) in [6, 6.07) is 15.1. The molecular formula is C31H32ClN5O5S. The van der Waals surface area contributed by atoms with Crippen LogP contribution in [0.15, 0.2) is 71.9 Å². The second kappa shape index (κ2) is 14.0. The Morgan fingerprint density at radius 2 is 1.77 bits per heavy atom. The van der Waals surface area contributed by atoms with Crippen molar-refractivity contribution in [2.24, 2.45) is 0 Å². The SMILES string of the molecule is COc1ccc(-c2nc(-c3ccncc3)nn2CCN(C(=O)CCC(=O)c2ccc(S(=O)O)cc2)C2CCCC2)cc1Cl. The Hall–Kier alpha value is -3.93. The molecule has 224 valence electrons. The lowest BCUT2D eigenvalue weighted by molar-refractivity contribution is -0.133. The molecule has 1 unspecified atom stereocenters. The van der Waals surface area contributed by atoms with Crippen LogP contribution in [0.1, 0.15) is 48.9 Å². The molecule has 1 aliphatic rings. The Labute approximate surface area is 257 Å². The second-order valence-electron chi connectivity index (χ2n) is 10.3. The van der Waals surface area contributed by atoms with Crippen molar-refractivity contribution in [3.05, 3.63) is 77.6 Å². The monoisotopic (exact) mass is 621 g/mol. The predicted octanol–water partition coefficient (Wildman–Crippen LogP) is 5.68. The lowest BCUT2D eigenvalue weighted by Gasteiger charge is -2.29. The number of carbonyl (C=O) groups is 2. The van der Waals surface area contributed by atoms with Gasteiger partial charge in [0.05, 0.1) is 23.6 Å². The summed E-state index contributed by atoms with van der Waals surface area (Å²) >= 11 is 4.33. The van der Waals surface area contributed by atoms with Crippen LogP contribution in [-0.4, -0.2) is 64.8 Å². The molecule has 1 aliphatic carbocycles. The maximum atomic E-state index is 13.5. The summed E-state index contributed by atoms with van der Waals surface area (Å²) < 4.78 is 27.6. The van der Waals surface area contributed by atoms with Gasteiger partial charge in [-0.15, -0.1) is 0 Å². The summed E-state index contributed by atoms with van der Waals surface area (Å²) in [4.78, 5) is 37.4. The van der Waals surface area contributed by atoms with E-state index in [-0.39, 0.29) is 35.5 Å². The maximum absolute atomic E-state index is 13.5. The predicted molar refractivity (Wildman–Crippen MR) is 163 cm³/mol. The van der Waals surface area contributed by atoms with Gasteiger partial charge in [-0.05, 0) is 55.3 Å². The van der Waals surface area contributed by atoms with Crippen LogP contribution in [0.25, 0.3) is 22.8 Å². The fourth-order valence-corrected chi connectivity index (χ4v) is 5.96. The van der Waals surface area contributed by atoms with E-state index in [0.717, 1.165) is 36.8 Å². The number of ether oxygens (including phenoxy) is 1. The molecule has 43 heavy (non-hydrogen) atoms. The zero-order valence-corrected chi connectivity index (χ0v) is 25.3. The lowest BCUT2D eigenvalue weighted by atomic mass is 10.1. The number of halogens is 1. The first kappa shape index (κ1) is 30.5. The van der Waals surface area contributed by atoms with E-state index >= 15 is 0 Å². The largest absolute Gasteiger partial charge is 0.495 e. The van der Waals surface area contributed by atoms with E-state index in [4.69, 9.17) is 26.4 Å². The van der Waals surface area contributed by atoms with Crippen LogP contribution in [-0.2, 0) is 22.4 Å².